The summed E-state index contributed by atoms with van der Waals surface area (Å²) in [6.45, 7) is 0.102. The number of halogens is 1. The monoisotopic (exact) mass is 330 g/mol. The van der Waals surface area contributed by atoms with Gasteiger partial charge in [0.2, 0.25) is 15.9 Å². The number of benzene rings is 1. The Labute approximate surface area is 130 Å². The van der Waals surface area contributed by atoms with Gasteiger partial charge in [-0.05, 0) is 37.0 Å². The lowest BCUT2D eigenvalue weighted by Gasteiger charge is -2.08. The van der Waals surface area contributed by atoms with Crippen LogP contribution in [0.2, 0.25) is 0 Å². The zero-order valence-electron chi connectivity index (χ0n) is 11.6. The first-order valence-corrected chi connectivity index (χ1v) is 8.97. The van der Waals surface area contributed by atoms with Gasteiger partial charge in [0, 0.05) is 24.9 Å². The van der Waals surface area contributed by atoms with Crippen molar-refractivity contribution in [3.8, 4) is 0 Å². The van der Waals surface area contributed by atoms with Crippen LogP contribution in [-0.2, 0) is 21.2 Å². The predicted molar refractivity (Wildman–Crippen MR) is 81.8 cm³/mol. The molecular weight excluding hydrogens is 312 g/mol. The van der Waals surface area contributed by atoms with Crippen LogP contribution in [0, 0.1) is 0 Å². The summed E-state index contributed by atoms with van der Waals surface area (Å²) in [6, 6.07) is 6.89. The van der Waals surface area contributed by atoms with Gasteiger partial charge in [0.05, 0.1) is 4.90 Å². The van der Waals surface area contributed by atoms with Crippen molar-refractivity contribution in [2.24, 2.45) is 0 Å². The normalized spacial score (nSPS) is 14.9. The molecule has 0 bridgehead atoms. The van der Waals surface area contributed by atoms with Crippen LogP contribution in [0.3, 0.4) is 0 Å². The summed E-state index contributed by atoms with van der Waals surface area (Å²) in [5, 5.41) is 2.82. The van der Waals surface area contributed by atoms with Gasteiger partial charge in [0.15, 0.2) is 0 Å². The molecular formula is C14H19ClN2O3S. The van der Waals surface area contributed by atoms with E-state index in [0.29, 0.717) is 18.3 Å². The molecule has 0 radical (unpaired) electrons. The van der Waals surface area contributed by atoms with Crippen molar-refractivity contribution in [1.29, 1.82) is 0 Å². The van der Waals surface area contributed by atoms with Crippen LogP contribution in [0.15, 0.2) is 29.2 Å². The van der Waals surface area contributed by atoms with Gasteiger partial charge in [-0.15, -0.1) is 11.6 Å². The molecule has 0 atom stereocenters. The van der Waals surface area contributed by atoms with Crippen molar-refractivity contribution in [3.63, 3.8) is 0 Å². The molecule has 1 aliphatic carbocycles. The minimum absolute atomic E-state index is 0.102. The molecule has 1 aromatic rings. The Morgan fingerprint density at radius 3 is 2.48 bits per heavy atom. The van der Waals surface area contributed by atoms with Crippen molar-refractivity contribution >= 4 is 27.5 Å². The van der Waals surface area contributed by atoms with Crippen LogP contribution >= 0.6 is 11.6 Å². The molecule has 2 N–H and O–H groups in total. The molecule has 1 saturated carbocycles. The second kappa shape index (κ2) is 7.24. The first-order chi connectivity index (χ1) is 10.0. The van der Waals surface area contributed by atoms with Crippen molar-refractivity contribution in [2.45, 2.75) is 36.6 Å². The predicted octanol–water partition coefficient (Wildman–Crippen LogP) is 1.41. The highest BCUT2D eigenvalue weighted by Crippen LogP contribution is 2.18. The maximum atomic E-state index is 12.0. The summed E-state index contributed by atoms with van der Waals surface area (Å²) < 4.78 is 26.5. The second-order valence-corrected chi connectivity index (χ2v) is 7.22. The molecule has 1 aromatic carbocycles. The maximum absolute atomic E-state index is 12.0. The number of rotatable bonds is 8. The molecule has 2 rings (SSSR count). The van der Waals surface area contributed by atoms with Crippen LogP contribution < -0.4 is 10.0 Å². The van der Waals surface area contributed by atoms with E-state index in [1.54, 1.807) is 24.3 Å². The van der Waals surface area contributed by atoms with Crippen LogP contribution in [0.5, 0.6) is 0 Å². The zero-order chi connectivity index (χ0) is 15.3. The van der Waals surface area contributed by atoms with E-state index < -0.39 is 10.0 Å². The highest BCUT2D eigenvalue weighted by Gasteiger charge is 2.23. The molecule has 1 amide bonds. The third-order valence-electron chi connectivity index (χ3n) is 3.20. The third kappa shape index (κ3) is 5.30. The lowest BCUT2D eigenvalue weighted by molar-refractivity contribution is -0.121. The van der Waals surface area contributed by atoms with Crippen molar-refractivity contribution < 1.29 is 13.2 Å². The van der Waals surface area contributed by atoms with E-state index in [-0.39, 0.29) is 23.8 Å². The van der Waals surface area contributed by atoms with Crippen LogP contribution in [0.1, 0.15) is 24.8 Å². The SMILES string of the molecule is O=C(CCNS(=O)(=O)c1ccc(CCCl)cc1)NC1CC1. The van der Waals surface area contributed by atoms with Crippen molar-refractivity contribution in [3.05, 3.63) is 29.8 Å². The van der Waals surface area contributed by atoms with Crippen molar-refractivity contribution in [1.82, 2.24) is 10.0 Å². The highest BCUT2D eigenvalue weighted by molar-refractivity contribution is 7.89. The van der Waals surface area contributed by atoms with E-state index >= 15 is 0 Å². The molecule has 7 heteroatoms. The molecule has 1 aliphatic rings. The molecule has 5 nitrogen and oxygen atoms in total. The molecule has 0 heterocycles. The van der Waals surface area contributed by atoms with Crippen LogP contribution in [0.25, 0.3) is 0 Å². The van der Waals surface area contributed by atoms with Gasteiger partial charge < -0.3 is 5.32 Å². The number of nitrogens with one attached hydrogen (secondary N) is 2. The molecule has 0 unspecified atom stereocenters. The Morgan fingerprint density at radius 1 is 1.24 bits per heavy atom. The van der Waals surface area contributed by atoms with Crippen LogP contribution in [-0.4, -0.2) is 32.8 Å². The van der Waals surface area contributed by atoms with E-state index in [1.165, 1.54) is 0 Å². The smallest absolute Gasteiger partial charge is 0.240 e. The lowest BCUT2D eigenvalue weighted by Crippen LogP contribution is -2.31. The minimum Gasteiger partial charge on any atom is -0.353 e. The van der Waals surface area contributed by atoms with Gasteiger partial charge in [0.25, 0.3) is 0 Å². The number of hydrogen-bond donors (Lipinski definition) is 2. The maximum Gasteiger partial charge on any atom is 0.240 e. The fourth-order valence-electron chi connectivity index (χ4n) is 1.85. The molecule has 0 spiro atoms. The van der Waals surface area contributed by atoms with E-state index in [4.69, 9.17) is 11.6 Å². The summed E-state index contributed by atoms with van der Waals surface area (Å²) in [6.07, 6.45) is 2.90. The largest absolute Gasteiger partial charge is 0.353 e. The van der Waals surface area contributed by atoms with Gasteiger partial charge >= 0.3 is 0 Å². The minimum atomic E-state index is -3.56. The van der Waals surface area contributed by atoms with E-state index in [9.17, 15) is 13.2 Å². The summed E-state index contributed by atoms with van der Waals surface area (Å²) in [5.74, 6) is 0.387. The van der Waals surface area contributed by atoms with Crippen molar-refractivity contribution in [2.75, 3.05) is 12.4 Å². The summed E-state index contributed by atoms with van der Waals surface area (Å²) >= 11 is 5.64. The fourth-order valence-corrected chi connectivity index (χ4v) is 3.10. The molecule has 21 heavy (non-hydrogen) atoms. The Kier molecular flexibility index (Phi) is 5.61. The molecule has 1 fully saturated rings. The standard InChI is InChI=1S/C14H19ClN2O3S/c15-9-7-11-1-5-13(6-2-11)21(19,20)16-10-8-14(18)17-12-3-4-12/h1-2,5-6,12,16H,3-4,7-10H2,(H,17,18). The fraction of sp³-hybridized carbons (Fsp3) is 0.500. The molecule has 0 aromatic heterocycles. The van der Waals surface area contributed by atoms with Crippen LogP contribution in [0.4, 0.5) is 0 Å². The Morgan fingerprint density at radius 2 is 1.90 bits per heavy atom. The highest BCUT2D eigenvalue weighted by atomic mass is 35.5. The first kappa shape index (κ1) is 16.3. The number of amides is 1. The summed E-state index contributed by atoms with van der Waals surface area (Å²) in [7, 11) is -3.56. The number of carbonyl (C=O) groups excluding carboxylic acids is 1. The topological polar surface area (TPSA) is 75.3 Å². The number of hydrogen-bond acceptors (Lipinski definition) is 3. The average Bonchev–Trinajstić information content (AvgIpc) is 3.23. The van der Waals surface area contributed by atoms with Gasteiger partial charge in [0.1, 0.15) is 0 Å². The molecule has 116 valence electrons. The summed E-state index contributed by atoms with van der Waals surface area (Å²) in [5.41, 5.74) is 0.993. The Balaban J connectivity index is 1.83. The quantitative estimate of drug-likeness (QED) is 0.708. The van der Waals surface area contributed by atoms with E-state index in [0.717, 1.165) is 18.4 Å². The van der Waals surface area contributed by atoms with Gasteiger partial charge in [-0.3, -0.25) is 4.79 Å². The molecule has 0 saturated heterocycles. The van der Waals surface area contributed by atoms with Gasteiger partial charge in [-0.25, -0.2) is 13.1 Å². The number of sulfonamides is 1. The second-order valence-electron chi connectivity index (χ2n) is 5.07. The van der Waals surface area contributed by atoms with Gasteiger partial charge in [-0.2, -0.15) is 0 Å². The molecule has 0 aliphatic heterocycles. The van der Waals surface area contributed by atoms with Gasteiger partial charge in [-0.1, -0.05) is 12.1 Å². The Hall–Kier alpha value is -1.11. The average molecular weight is 331 g/mol. The lowest BCUT2D eigenvalue weighted by atomic mass is 10.2. The summed E-state index contributed by atoms with van der Waals surface area (Å²) in [4.78, 5) is 11.7. The number of carbonyl (C=O) groups is 1. The number of aryl methyl sites for hydroxylation is 1. The first-order valence-electron chi connectivity index (χ1n) is 6.95. The third-order valence-corrected chi connectivity index (χ3v) is 4.87. The van der Waals surface area contributed by atoms with E-state index in [1.807, 2.05) is 0 Å². The zero-order valence-corrected chi connectivity index (χ0v) is 13.2. The number of alkyl halides is 1. The Bertz CT molecular complexity index is 583. The van der Waals surface area contributed by atoms with E-state index in [2.05, 4.69) is 10.0 Å².